The highest BCUT2D eigenvalue weighted by atomic mass is 35.5. The Labute approximate surface area is 207 Å². The van der Waals surface area contributed by atoms with Crippen LogP contribution < -0.4 is 11.5 Å². The van der Waals surface area contributed by atoms with E-state index in [0.29, 0.717) is 45.0 Å². The molecule has 0 aliphatic rings. The van der Waals surface area contributed by atoms with Gasteiger partial charge in [0.05, 0.1) is 5.56 Å². The van der Waals surface area contributed by atoms with E-state index >= 15 is 4.39 Å². The van der Waals surface area contributed by atoms with E-state index in [-0.39, 0.29) is 12.2 Å². The lowest BCUT2D eigenvalue weighted by Crippen LogP contribution is -2.04. The number of nitrogens with two attached hydrogens (primary N) is 2. The molecule has 35 heavy (non-hydrogen) atoms. The lowest BCUT2D eigenvalue weighted by Gasteiger charge is -2.12. The summed E-state index contributed by atoms with van der Waals surface area (Å²) < 4.78 is 17.5. The van der Waals surface area contributed by atoms with Crippen LogP contribution in [0, 0.1) is 5.82 Å². The van der Waals surface area contributed by atoms with Gasteiger partial charge < -0.3 is 11.5 Å². The van der Waals surface area contributed by atoms with E-state index in [1.165, 1.54) is 0 Å². The third-order valence-electron chi connectivity index (χ3n) is 6.01. The molecule has 0 aliphatic carbocycles. The number of aromatic nitrogens is 4. The van der Waals surface area contributed by atoms with E-state index < -0.39 is 0 Å². The number of rotatable bonds is 5. The van der Waals surface area contributed by atoms with E-state index in [2.05, 4.69) is 15.1 Å². The molecule has 0 fully saturated rings. The average molecular weight is 487 g/mol. The SMILES string of the molecule is CCc1cc(Cc2cc3cc(N)ccc3c(N)n2)c(F)c(-c2nc(-c3cccc(Cl)c3)nn2C)c1. The number of nitrogen functional groups attached to an aromatic ring is 2. The predicted octanol–water partition coefficient (Wildman–Crippen LogP) is 5.81. The van der Waals surface area contributed by atoms with Crippen molar-refractivity contribution in [2.24, 2.45) is 7.05 Å². The fraction of sp³-hybridized carbons (Fsp3) is 0.148. The third-order valence-corrected chi connectivity index (χ3v) is 6.25. The van der Waals surface area contributed by atoms with Crippen LogP contribution in [0.3, 0.4) is 0 Å². The van der Waals surface area contributed by atoms with Crippen LogP contribution in [0.15, 0.2) is 60.7 Å². The number of pyridine rings is 1. The van der Waals surface area contributed by atoms with Gasteiger partial charge in [-0.15, -0.1) is 0 Å². The van der Waals surface area contributed by atoms with Crippen molar-refractivity contribution in [1.82, 2.24) is 19.7 Å². The Morgan fingerprint density at radius 1 is 1.00 bits per heavy atom. The Morgan fingerprint density at radius 3 is 2.60 bits per heavy atom. The van der Waals surface area contributed by atoms with Crippen LogP contribution in [-0.4, -0.2) is 19.7 Å². The molecular formula is C27H24ClFN6. The van der Waals surface area contributed by atoms with Crippen LogP contribution in [0.5, 0.6) is 0 Å². The van der Waals surface area contributed by atoms with Gasteiger partial charge >= 0.3 is 0 Å². The van der Waals surface area contributed by atoms with Crippen LogP contribution in [0.4, 0.5) is 15.9 Å². The van der Waals surface area contributed by atoms with Gasteiger partial charge in [0, 0.05) is 40.8 Å². The van der Waals surface area contributed by atoms with Crippen molar-refractivity contribution in [2.75, 3.05) is 11.5 Å². The lowest BCUT2D eigenvalue weighted by molar-refractivity contribution is 0.612. The Kier molecular flexibility index (Phi) is 5.86. The van der Waals surface area contributed by atoms with Crippen LogP contribution in [-0.2, 0) is 19.9 Å². The zero-order valence-electron chi connectivity index (χ0n) is 19.4. The molecule has 176 valence electrons. The number of halogens is 2. The van der Waals surface area contributed by atoms with Gasteiger partial charge in [-0.2, -0.15) is 5.10 Å². The molecule has 0 atom stereocenters. The Bertz CT molecular complexity index is 1580. The number of aryl methyl sites for hydroxylation is 2. The number of anilines is 2. The maximum atomic E-state index is 15.9. The first-order valence-corrected chi connectivity index (χ1v) is 11.6. The average Bonchev–Trinajstić information content (AvgIpc) is 3.21. The van der Waals surface area contributed by atoms with E-state index in [0.717, 1.165) is 28.3 Å². The molecule has 2 aromatic heterocycles. The highest BCUT2D eigenvalue weighted by Gasteiger charge is 2.19. The standard InChI is InChI=1S/C27H24ClFN6/c1-3-15-9-18(14-21-13-17-12-20(30)7-8-22(17)25(31)32-21)24(29)23(10-15)27-33-26(34-35(27)2)16-5-4-6-19(28)11-16/h4-13H,3,14,30H2,1-2H3,(H2,31,32). The van der Waals surface area contributed by atoms with Crippen molar-refractivity contribution in [3.05, 3.63) is 88.3 Å². The topological polar surface area (TPSA) is 95.6 Å². The number of hydrogen-bond acceptors (Lipinski definition) is 5. The molecular weight excluding hydrogens is 463 g/mol. The largest absolute Gasteiger partial charge is 0.399 e. The Hall–Kier alpha value is -3.97. The number of hydrogen-bond donors (Lipinski definition) is 2. The minimum Gasteiger partial charge on any atom is -0.399 e. The molecule has 0 aliphatic heterocycles. The van der Waals surface area contributed by atoms with Gasteiger partial charge in [0.1, 0.15) is 11.6 Å². The summed E-state index contributed by atoms with van der Waals surface area (Å²) in [7, 11) is 1.75. The van der Waals surface area contributed by atoms with Gasteiger partial charge in [-0.05, 0) is 65.4 Å². The molecule has 4 N–H and O–H groups in total. The Balaban J connectivity index is 1.58. The summed E-state index contributed by atoms with van der Waals surface area (Å²) >= 11 is 6.13. The highest BCUT2D eigenvalue weighted by Crippen LogP contribution is 2.30. The summed E-state index contributed by atoms with van der Waals surface area (Å²) in [4.78, 5) is 9.16. The maximum Gasteiger partial charge on any atom is 0.181 e. The van der Waals surface area contributed by atoms with E-state index in [9.17, 15) is 0 Å². The molecule has 0 unspecified atom stereocenters. The summed E-state index contributed by atoms with van der Waals surface area (Å²) in [6.45, 7) is 2.03. The molecule has 6 nitrogen and oxygen atoms in total. The summed E-state index contributed by atoms with van der Waals surface area (Å²) in [5.41, 5.74) is 16.1. The molecule has 3 aromatic carbocycles. The summed E-state index contributed by atoms with van der Waals surface area (Å²) in [6.07, 6.45) is 1.02. The highest BCUT2D eigenvalue weighted by molar-refractivity contribution is 6.30. The van der Waals surface area contributed by atoms with Crippen LogP contribution >= 0.6 is 11.6 Å². The second kappa shape index (κ2) is 9.00. The normalized spacial score (nSPS) is 11.3. The first kappa shape index (κ1) is 22.8. The second-order valence-electron chi connectivity index (χ2n) is 8.52. The van der Waals surface area contributed by atoms with Gasteiger partial charge in [-0.3, -0.25) is 0 Å². The molecule has 0 saturated carbocycles. The molecule has 0 bridgehead atoms. The van der Waals surface area contributed by atoms with Crippen LogP contribution in [0.2, 0.25) is 5.02 Å². The van der Waals surface area contributed by atoms with E-state index in [1.807, 2.05) is 49.4 Å². The molecule has 5 aromatic rings. The summed E-state index contributed by atoms with van der Waals surface area (Å²) in [6, 6.07) is 18.4. The monoisotopic (exact) mass is 486 g/mol. The van der Waals surface area contributed by atoms with Crippen LogP contribution in [0.25, 0.3) is 33.5 Å². The van der Waals surface area contributed by atoms with Gasteiger partial charge in [0.15, 0.2) is 11.6 Å². The van der Waals surface area contributed by atoms with Crippen molar-refractivity contribution < 1.29 is 4.39 Å². The minimum absolute atomic E-state index is 0.278. The maximum absolute atomic E-state index is 15.9. The van der Waals surface area contributed by atoms with Crippen molar-refractivity contribution in [3.8, 4) is 22.8 Å². The minimum atomic E-state index is -0.358. The number of nitrogens with zero attached hydrogens (tertiary/aromatic N) is 4. The first-order chi connectivity index (χ1) is 16.8. The van der Waals surface area contributed by atoms with Gasteiger partial charge in [-0.1, -0.05) is 36.7 Å². The summed E-state index contributed by atoms with van der Waals surface area (Å²) in [5, 5.41) is 6.78. The smallest absolute Gasteiger partial charge is 0.181 e. The molecule has 0 radical (unpaired) electrons. The van der Waals surface area contributed by atoms with E-state index in [4.69, 9.17) is 23.1 Å². The number of benzene rings is 3. The molecule has 5 rings (SSSR count). The van der Waals surface area contributed by atoms with Crippen molar-refractivity contribution in [1.29, 1.82) is 0 Å². The molecule has 2 heterocycles. The van der Waals surface area contributed by atoms with Gasteiger partial charge in [0.25, 0.3) is 0 Å². The quantitative estimate of drug-likeness (QED) is 0.306. The van der Waals surface area contributed by atoms with Gasteiger partial charge in [0.2, 0.25) is 0 Å². The zero-order valence-corrected chi connectivity index (χ0v) is 20.1. The third kappa shape index (κ3) is 4.42. The molecule has 0 amide bonds. The molecule has 8 heteroatoms. The van der Waals surface area contributed by atoms with Crippen molar-refractivity contribution >= 4 is 33.9 Å². The second-order valence-corrected chi connectivity index (χ2v) is 8.96. The molecule has 0 saturated heterocycles. The van der Waals surface area contributed by atoms with Gasteiger partial charge in [-0.25, -0.2) is 19.0 Å². The summed E-state index contributed by atoms with van der Waals surface area (Å²) in [5.74, 6) is 0.954. The fourth-order valence-electron chi connectivity index (χ4n) is 4.26. The Morgan fingerprint density at radius 2 is 1.83 bits per heavy atom. The van der Waals surface area contributed by atoms with Crippen molar-refractivity contribution in [2.45, 2.75) is 19.8 Å². The number of fused-ring (bicyclic) bond motifs is 1. The van der Waals surface area contributed by atoms with E-state index in [1.54, 1.807) is 29.9 Å². The lowest BCUT2D eigenvalue weighted by atomic mass is 9.98. The van der Waals surface area contributed by atoms with Crippen molar-refractivity contribution in [3.63, 3.8) is 0 Å². The molecule has 0 spiro atoms. The van der Waals surface area contributed by atoms with Crippen LogP contribution in [0.1, 0.15) is 23.7 Å². The predicted molar refractivity (Wildman–Crippen MR) is 140 cm³/mol. The first-order valence-electron chi connectivity index (χ1n) is 11.3. The fourth-order valence-corrected chi connectivity index (χ4v) is 4.45. The zero-order chi connectivity index (χ0) is 24.7.